The molecule has 0 spiro atoms. The number of ether oxygens (including phenoxy) is 1. The van der Waals surface area contributed by atoms with Crippen molar-refractivity contribution in [2.24, 2.45) is 5.73 Å². The minimum atomic E-state index is -0.733. The smallest absolute Gasteiger partial charge is 0.165 e. The Kier molecular flexibility index (Phi) is 3.53. The zero-order chi connectivity index (χ0) is 13.1. The standard InChI is InChI=1S/C13H10F3NO/c14-8-4-5-11(16)13(6-8)18-12-3-1-2-10(15)9(12)7-17/h1-6H,7,17H2. The molecule has 0 bridgehead atoms. The summed E-state index contributed by atoms with van der Waals surface area (Å²) in [4.78, 5) is 0. The first kappa shape index (κ1) is 12.4. The minimum Gasteiger partial charge on any atom is -0.454 e. The molecule has 0 aliphatic rings. The first-order valence-electron chi connectivity index (χ1n) is 5.22. The zero-order valence-electron chi connectivity index (χ0n) is 9.29. The molecule has 0 aliphatic heterocycles. The van der Waals surface area contributed by atoms with Crippen LogP contribution in [-0.4, -0.2) is 0 Å². The van der Waals surface area contributed by atoms with Crippen molar-refractivity contribution >= 4 is 0 Å². The van der Waals surface area contributed by atoms with Crippen LogP contribution in [0.2, 0.25) is 0 Å². The lowest BCUT2D eigenvalue weighted by molar-refractivity contribution is 0.427. The number of hydrogen-bond acceptors (Lipinski definition) is 2. The molecule has 0 aromatic heterocycles. The summed E-state index contributed by atoms with van der Waals surface area (Å²) in [5.41, 5.74) is 5.50. The number of rotatable bonds is 3. The third-order valence-corrected chi connectivity index (χ3v) is 2.39. The second-order valence-electron chi connectivity index (χ2n) is 3.60. The molecular weight excluding hydrogens is 243 g/mol. The lowest BCUT2D eigenvalue weighted by atomic mass is 10.2. The van der Waals surface area contributed by atoms with E-state index in [1.165, 1.54) is 18.2 Å². The summed E-state index contributed by atoms with van der Waals surface area (Å²) < 4.78 is 44.9. The van der Waals surface area contributed by atoms with Gasteiger partial charge in [0.05, 0.1) is 0 Å². The summed E-state index contributed by atoms with van der Waals surface area (Å²) in [6, 6.07) is 6.86. The molecule has 0 fully saturated rings. The summed E-state index contributed by atoms with van der Waals surface area (Å²) in [7, 11) is 0. The van der Waals surface area contributed by atoms with Crippen molar-refractivity contribution in [3.63, 3.8) is 0 Å². The van der Waals surface area contributed by atoms with Crippen LogP contribution >= 0.6 is 0 Å². The fraction of sp³-hybridized carbons (Fsp3) is 0.0769. The Bertz CT molecular complexity index is 572. The third-order valence-electron chi connectivity index (χ3n) is 2.39. The molecule has 5 heteroatoms. The molecule has 0 unspecified atom stereocenters. The molecule has 0 saturated carbocycles. The molecule has 2 N–H and O–H groups in total. The van der Waals surface area contributed by atoms with Crippen LogP contribution in [0.3, 0.4) is 0 Å². The molecule has 2 nitrogen and oxygen atoms in total. The van der Waals surface area contributed by atoms with E-state index < -0.39 is 17.5 Å². The Balaban J connectivity index is 2.40. The Hall–Kier alpha value is -2.01. The van der Waals surface area contributed by atoms with Crippen LogP contribution in [0.25, 0.3) is 0 Å². The Morgan fingerprint density at radius 1 is 0.944 bits per heavy atom. The molecule has 94 valence electrons. The van der Waals surface area contributed by atoms with Crippen LogP contribution in [0.5, 0.6) is 11.5 Å². The van der Waals surface area contributed by atoms with Crippen molar-refractivity contribution in [2.75, 3.05) is 0 Å². The van der Waals surface area contributed by atoms with Gasteiger partial charge in [-0.2, -0.15) is 0 Å². The maximum absolute atomic E-state index is 13.4. The number of nitrogens with two attached hydrogens (primary N) is 1. The van der Waals surface area contributed by atoms with Gasteiger partial charge in [0.1, 0.15) is 17.4 Å². The highest BCUT2D eigenvalue weighted by Crippen LogP contribution is 2.29. The number of hydrogen-bond donors (Lipinski definition) is 1. The molecular formula is C13H10F3NO. The van der Waals surface area contributed by atoms with E-state index in [9.17, 15) is 13.2 Å². The summed E-state index contributed by atoms with van der Waals surface area (Å²) in [6.45, 7) is -0.0983. The van der Waals surface area contributed by atoms with Crippen LogP contribution < -0.4 is 10.5 Å². The SMILES string of the molecule is NCc1c(F)cccc1Oc1cc(F)ccc1F. The van der Waals surface area contributed by atoms with Crippen molar-refractivity contribution in [1.82, 2.24) is 0 Å². The minimum absolute atomic E-state index is 0.0713. The van der Waals surface area contributed by atoms with Crippen molar-refractivity contribution in [3.05, 3.63) is 59.4 Å². The highest BCUT2D eigenvalue weighted by atomic mass is 19.1. The van der Waals surface area contributed by atoms with Gasteiger partial charge in [-0.05, 0) is 24.3 Å². The second kappa shape index (κ2) is 5.10. The van der Waals surface area contributed by atoms with Crippen molar-refractivity contribution in [3.8, 4) is 11.5 Å². The van der Waals surface area contributed by atoms with Crippen molar-refractivity contribution < 1.29 is 17.9 Å². The quantitative estimate of drug-likeness (QED) is 0.910. The largest absolute Gasteiger partial charge is 0.454 e. The fourth-order valence-corrected chi connectivity index (χ4v) is 1.51. The Morgan fingerprint density at radius 2 is 1.72 bits per heavy atom. The molecule has 2 aromatic carbocycles. The van der Waals surface area contributed by atoms with Crippen molar-refractivity contribution in [1.29, 1.82) is 0 Å². The van der Waals surface area contributed by atoms with Crippen molar-refractivity contribution in [2.45, 2.75) is 6.54 Å². The average molecular weight is 253 g/mol. The highest BCUT2D eigenvalue weighted by Gasteiger charge is 2.11. The van der Waals surface area contributed by atoms with E-state index in [0.717, 1.165) is 18.2 Å². The normalized spacial score (nSPS) is 10.4. The Labute approximate surface area is 102 Å². The van der Waals surface area contributed by atoms with Gasteiger partial charge in [0.25, 0.3) is 0 Å². The van der Waals surface area contributed by atoms with Crippen LogP contribution in [0.15, 0.2) is 36.4 Å². The molecule has 0 amide bonds. The molecule has 18 heavy (non-hydrogen) atoms. The molecule has 2 aromatic rings. The van der Waals surface area contributed by atoms with Gasteiger partial charge in [-0.3, -0.25) is 0 Å². The Morgan fingerprint density at radius 3 is 2.44 bits per heavy atom. The average Bonchev–Trinajstić information content (AvgIpc) is 2.34. The maximum Gasteiger partial charge on any atom is 0.165 e. The molecule has 0 atom stereocenters. The summed E-state index contributed by atoms with van der Waals surface area (Å²) in [6.07, 6.45) is 0. The van der Waals surface area contributed by atoms with Gasteiger partial charge in [-0.25, -0.2) is 13.2 Å². The van der Waals surface area contributed by atoms with Gasteiger partial charge in [0.2, 0.25) is 0 Å². The first-order valence-corrected chi connectivity index (χ1v) is 5.22. The predicted molar refractivity (Wildman–Crippen MR) is 60.7 cm³/mol. The van der Waals surface area contributed by atoms with Crippen LogP contribution in [0.1, 0.15) is 5.56 Å². The lowest BCUT2D eigenvalue weighted by Gasteiger charge is -2.11. The number of halogens is 3. The van der Waals surface area contributed by atoms with E-state index >= 15 is 0 Å². The van der Waals surface area contributed by atoms with Gasteiger partial charge in [0, 0.05) is 18.2 Å². The monoisotopic (exact) mass is 253 g/mol. The van der Waals surface area contributed by atoms with Gasteiger partial charge in [-0.15, -0.1) is 0 Å². The predicted octanol–water partition coefficient (Wildman–Crippen LogP) is 3.35. The van der Waals surface area contributed by atoms with Gasteiger partial charge in [0.15, 0.2) is 11.6 Å². The molecule has 0 heterocycles. The highest BCUT2D eigenvalue weighted by molar-refractivity contribution is 5.39. The first-order chi connectivity index (χ1) is 8.61. The van der Waals surface area contributed by atoms with E-state index in [1.807, 2.05) is 0 Å². The second-order valence-corrected chi connectivity index (χ2v) is 3.60. The van der Waals surface area contributed by atoms with Gasteiger partial charge in [-0.1, -0.05) is 6.07 Å². The summed E-state index contributed by atoms with van der Waals surface area (Å²) >= 11 is 0. The maximum atomic E-state index is 13.4. The van der Waals surface area contributed by atoms with E-state index in [1.54, 1.807) is 0 Å². The molecule has 2 rings (SSSR count). The van der Waals surface area contributed by atoms with Gasteiger partial charge < -0.3 is 10.5 Å². The van der Waals surface area contributed by atoms with Crippen LogP contribution in [-0.2, 0) is 6.54 Å². The molecule has 0 aliphatic carbocycles. The van der Waals surface area contributed by atoms with E-state index in [2.05, 4.69) is 0 Å². The summed E-state index contributed by atoms with van der Waals surface area (Å²) in [5.74, 6) is -2.16. The molecule has 0 saturated heterocycles. The summed E-state index contributed by atoms with van der Waals surface area (Å²) in [5, 5.41) is 0. The van der Waals surface area contributed by atoms with E-state index in [4.69, 9.17) is 10.5 Å². The zero-order valence-corrected chi connectivity index (χ0v) is 9.29. The van der Waals surface area contributed by atoms with E-state index in [-0.39, 0.29) is 23.6 Å². The van der Waals surface area contributed by atoms with Gasteiger partial charge >= 0.3 is 0 Å². The van der Waals surface area contributed by atoms with E-state index in [0.29, 0.717) is 0 Å². The topological polar surface area (TPSA) is 35.2 Å². The van der Waals surface area contributed by atoms with Crippen LogP contribution in [0, 0.1) is 17.5 Å². The third kappa shape index (κ3) is 2.46. The fourth-order valence-electron chi connectivity index (χ4n) is 1.51. The lowest BCUT2D eigenvalue weighted by Crippen LogP contribution is -2.03. The molecule has 0 radical (unpaired) electrons. The number of benzene rings is 2. The van der Waals surface area contributed by atoms with Crippen LogP contribution in [0.4, 0.5) is 13.2 Å².